The number of ether oxygens (including phenoxy) is 1. The molecule has 1 aromatic carbocycles. The fourth-order valence-electron chi connectivity index (χ4n) is 1.27. The molecule has 0 aliphatic carbocycles. The van der Waals surface area contributed by atoms with E-state index >= 15 is 0 Å². The minimum atomic E-state index is -1.10. The van der Waals surface area contributed by atoms with E-state index in [1.54, 1.807) is 12.1 Å². The van der Waals surface area contributed by atoms with Crippen molar-refractivity contribution in [1.82, 2.24) is 5.32 Å². The van der Waals surface area contributed by atoms with Gasteiger partial charge in [-0.25, -0.2) is 0 Å². The van der Waals surface area contributed by atoms with Crippen molar-refractivity contribution < 1.29 is 14.5 Å². The molecule has 1 rings (SSSR count). The summed E-state index contributed by atoms with van der Waals surface area (Å²) in [5.41, 5.74) is 0. The average Bonchev–Trinajstić information content (AvgIpc) is 2.28. The monoisotopic (exact) mass is 238 g/mol. The highest BCUT2D eigenvalue weighted by Crippen LogP contribution is 2.08. The maximum absolute atomic E-state index is 10.7. The van der Waals surface area contributed by atoms with Gasteiger partial charge in [0.2, 0.25) is 5.91 Å². The van der Waals surface area contributed by atoms with E-state index in [1.165, 1.54) is 6.92 Å². The number of amides is 1. The van der Waals surface area contributed by atoms with Gasteiger partial charge >= 0.3 is 0 Å². The topological polar surface area (TPSA) is 81.5 Å². The van der Waals surface area contributed by atoms with Crippen molar-refractivity contribution in [3.05, 3.63) is 40.4 Å². The Morgan fingerprint density at radius 2 is 2.12 bits per heavy atom. The van der Waals surface area contributed by atoms with Crippen LogP contribution in [0.1, 0.15) is 13.3 Å². The van der Waals surface area contributed by atoms with Crippen molar-refractivity contribution in [2.24, 2.45) is 0 Å². The van der Waals surface area contributed by atoms with E-state index < -0.39 is 17.0 Å². The Bertz CT molecular complexity index is 380. The molecule has 0 radical (unpaired) electrons. The van der Waals surface area contributed by atoms with Crippen LogP contribution in [0.15, 0.2) is 30.3 Å². The van der Waals surface area contributed by atoms with E-state index in [9.17, 15) is 14.9 Å². The smallest absolute Gasteiger partial charge is 0.290 e. The normalized spacial score (nSPS) is 11.6. The molecule has 6 nitrogen and oxygen atoms in total. The molecule has 6 heteroatoms. The summed E-state index contributed by atoms with van der Waals surface area (Å²) in [5, 5.41) is 12.9. The van der Waals surface area contributed by atoms with Crippen LogP contribution in [0.2, 0.25) is 0 Å². The lowest BCUT2D eigenvalue weighted by Crippen LogP contribution is -2.40. The van der Waals surface area contributed by atoms with Crippen molar-refractivity contribution in [2.75, 3.05) is 6.61 Å². The molecule has 0 spiro atoms. The molecule has 1 aromatic rings. The Hall–Kier alpha value is -2.11. The summed E-state index contributed by atoms with van der Waals surface area (Å²) in [6.07, 6.45) is -0.974. The standard InChI is InChI=1S/C11H14N2O4/c1-9(14)12-11(13(15)16)7-8-17-10-5-3-2-4-6-10/h2-6,11H,7-8H2,1H3,(H,12,14). The summed E-state index contributed by atoms with van der Waals surface area (Å²) in [7, 11) is 0. The highest BCUT2D eigenvalue weighted by molar-refractivity contribution is 5.72. The number of nitrogens with one attached hydrogen (secondary N) is 1. The second-order valence-corrected chi connectivity index (χ2v) is 3.45. The lowest BCUT2D eigenvalue weighted by Gasteiger charge is -2.10. The lowest BCUT2D eigenvalue weighted by atomic mass is 10.3. The third kappa shape index (κ3) is 4.96. The minimum Gasteiger partial charge on any atom is -0.493 e. The first-order valence-corrected chi connectivity index (χ1v) is 5.18. The first kappa shape index (κ1) is 13.0. The van der Waals surface area contributed by atoms with Crippen LogP contribution in [-0.4, -0.2) is 23.6 Å². The molecule has 0 aliphatic heterocycles. The number of nitrogens with zero attached hydrogens (tertiary/aromatic N) is 1. The molecule has 0 fully saturated rings. The number of para-hydroxylation sites is 1. The van der Waals surface area contributed by atoms with Gasteiger partial charge in [0, 0.05) is 11.8 Å². The number of hydrogen-bond acceptors (Lipinski definition) is 4. The molecule has 1 unspecified atom stereocenters. The molecule has 0 bridgehead atoms. The van der Waals surface area contributed by atoms with Crippen LogP contribution in [0, 0.1) is 10.1 Å². The van der Waals surface area contributed by atoms with Gasteiger partial charge in [0.15, 0.2) is 0 Å². The molecule has 17 heavy (non-hydrogen) atoms. The van der Waals surface area contributed by atoms with Crippen molar-refractivity contribution in [3.8, 4) is 5.75 Å². The average molecular weight is 238 g/mol. The number of hydrogen-bond donors (Lipinski definition) is 1. The van der Waals surface area contributed by atoms with E-state index in [2.05, 4.69) is 5.32 Å². The van der Waals surface area contributed by atoms with Gasteiger partial charge in [0.05, 0.1) is 13.0 Å². The summed E-state index contributed by atoms with van der Waals surface area (Å²) < 4.78 is 5.31. The number of carbonyl (C=O) groups excluding carboxylic acids is 1. The maximum Gasteiger partial charge on any atom is 0.290 e. The second kappa shape index (κ2) is 6.47. The highest BCUT2D eigenvalue weighted by Gasteiger charge is 2.20. The van der Waals surface area contributed by atoms with Gasteiger partial charge in [-0.3, -0.25) is 20.2 Å². The maximum atomic E-state index is 10.7. The number of carbonyl (C=O) groups is 1. The zero-order chi connectivity index (χ0) is 12.7. The Balaban J connectivity index is 2.37. The quantitative estimate of drug-likeness (QED) is 0.458. The van der Waals surface area contributed by atoms with Crippen molar-refractivity contribution in [1.29, 1.82) is 0 Å². The van der Waals surface area contributed by atoms with Gasteiger partial charge in [-0.15, -0.1) is 0 Å². The molecule has 0 aromatic heterocycles. The van der Waals surface area contributed by atoms with Gasteiger partial charge in [-0.1, -0.05) is 18.2 Å². The summed E-state index contributed by atoms with van der Waals surface area (Å²) in [6, 6.07) is 9.01. The SMILES string of the molecule is CC(=O)NC(CCOc1ccccc1)[N+](=O)[O-]. The first-order valence-electron chi connectivity index (χ1n) is 5.18. The van der Waals surface area contributed by atoms with Gasteiger partial charge in [-0.2, -0.15) is 0 Å². The van der Waals surface area contributed by atoms with Crippen LogP contribution < -0.4 is 10.1 Å². The van der Waals surface area contributed by atoms with E-state index in [4.69, 9.17) is 4.74 Å². The predicted octanol–water partition coefficient (Wildman–Crippen LogP) is 1.19. The minimum absolute atomic E-state index is 0.126. The van der Waals surface area contributed by atoms with E-state index in [-0.39, 0.29) is 13.0 Å². The lowest BCUT2D eigenvalue weighted by molar-refractivity contribution is -0.528. The van der Waals surface area contributed by atoms with E-state index in [0.717, 1.165) is 0 Å². The van der Waals surface area contributed by atoms with Crippen LogP contribution in [0.4, 0.5) is 0 Å². The van der Waals surface area contributed by atoms with Gasteiger partial charge in [0.25, 0.3) is 6.17 Å². The molecule has 0 saturated carbocycles. The molecule has 0 heterocycles. The van der Waals surface area contributed by atoms with Gasteiger partial charge in [0.1, 0.15) is 5.75 Å². The van der Waals surface area contributed by atoms with Crippen molar-refractivity contribution in [2.45, 2.75) is 19.5 Å². The summed E-state index contributed by atoms with van der Waals surface area (Å²) in [4.78, 5) is 20.8. The van der Waals surface area contributed by atoms with Crippen molar-refractivity contribution in [3.63, 3.8) is 0 Å². The Kier molecular flexibility index (Phi) is 4.93. The van der Waals surface area contributed by atoms with Crippen molar-refractivity contribution >= 4 is 5.91 Å². The van der Waals surface area contributed by atoms with E-state index in [0.29, 0.717) is 5.75 Å². The molecular formula is C11H14N2O4. The predicted molar refractivity (Wildman–Crippen MR) is 61.2 cm³/mol. The van der Waals surface area contributed by atoms with Crippen LogP contribution in [-0.2, 0) is 4.79 Å². The number of nitro groups is 1. The molecule has 0 saturated heterocycles. The molecule has 1 N–H and O–H groups in total. The van der Waals surface area contributed by atoms with Crippen LogP contribution in [0.3, 0.4) is 0 Å². The molecular weight excluding hydrogens is 224 g/mol. The third-order valence-corrected chi connectivity index (χ3v) is 2.03. The van der Waals surface area contributed by atoms with Crippen LogP contribution in [0.25, 0.3) is 0 Å². The number of rotatable bonds is 6. The summed E-state index contributed by atoms with van der Waals surface area (Å²) in [5.74, 6) is 0.226. The highest BCUT2D eigenvalue weighted by atomic mass is 16.6. The molecule has 1 atom stereocenters. The van der Waals surface area contributed by atoms with E-state index in [1.807, 2.05) is 18.2 Å². The molecule has 92 valence electrons. The zero-order valence-corrected chi connectivity index (χ0v) is 9.46. The third-order valence-electron chi connectivity index (χ3n) is 2.03. The van der Waals surface area contributed by atoms with Crippen LogP contribution in [0.5, 0.6) is 5.75 Å². The number of benzene rings is 1. The fourth-order valence-corrected chi connectivity index (χ4v) is 1.27. The fraction of sp³-hybridized carbons (Fsp3) is 0.364. The summed E-state index contributed by atoms with van der Waals surface area (Å²) in [6.45, 7) is 1.42. The van der Waals surface area contributed by atoms with Crippen LogP contribution >= 0.6 is 0 Å². The zero-order valence-electron chi connectivity index (χ0n) is 9.46. The Morgan fingerprint density at radius 3 is 2.65 bits per heavy atom. The first-order chi connectivity index (χ1) is 8.09. The summed E-state index contributed by atoms with van der Waals surface area (Å²) >= 11 is 0. The second-order valence-electron chi connectivity index (χ2n) is 3.45. The molecule has 0 aliphatic rings. The van der Waals surface area contributed by atoms with Gasteiger partial charge < -0.3 is 4.74 Å². The molecule has 1 amide bonds. The Morgan fingerprint density at radius 1 is 1.47 bits per heavy atom. The van der Waals surface area contributed by atoms with Gasteiger partial charge in [-0.05, 0) is 12.1 Å². The Labute approximate surface area is 98.7 Å². The largest absolute Gasteiger partial charge is 0.493 e.